The van der Waals surface area contributed by atoms with Gasteiger partial charge in [0.15, 0.2) is 11.7 Å². The van der Waals surface area contributed by atoms with Gasteiger partial charge in [-0.25, -0.2) is 0 Å². The number of rotatable bonds is 7. The minimum absolute atomic E-state index is 0.0121. The number of nitrogens with zero attached hydrogens (tertiary/aromatic N) is 2. The highest BCUT2D eigenvalue weighted by atomic mass is 32.1. The number of amides is 3. The van der Waals surface area contributed by atoms with Crippen molar-refractivity contribution in [1.82, 2.24) is 9.69 Å². The third kappa shape index (κ3) is 4.79. The van der Waals surface area contributed by atoms with E-state index in [9.17, 15) is 14.4 Å². The number of hydrogen-bond acceptors (Lipinski definition) is 7. The minimum Gasteiger partial charge on any atom is -0.467 e. The van der Waals surface area contributed by atoms with Gasteiger partial charge < -0.3 is 21.2 Å². The van der Waals surface area contributed by atoms with Gasteiger partial charge in [0, 0.05) is 11.4 Å². The van der Waals surface area contributed by atoms with Gasteiger partial charge in [-0.3, -0.25) is 19.3 Å². The lowest BCUT2D eigenvalue weighted by Gasteiger charge is -2.32. The van der Waals surface area contributed by atoms with Crippen LogP contribution in [0.1, 0.15) is 64.1 Å². The highest BCUT2D eigenvalue weighted by Crippen LogP contribution is 2.37. The number of carbonyl (C=O) groups is 3. The number of furan rings is 1. The number of aromatic nitrogens is 1. The third-order valence-electron chi connectivity index (χ3n) is 6.67. The zero-order chi connectivity index (χ0) is 25.9. The molecule has 0 radical (unpaired) electrons. The first-order valence-electron chi connectivity index (χ1n) is 12.2. The molecule has 2 aromatic heterocycles. The Bertz CT molecular complexity index is 1440. The highest BCUT2D eigenvalue weighted by Gasteiger charge is 2.39. The molecule has 190 valence electrons. The van der Waals surface area contributed by atoms with Crippen LogP contribution in [0.5, 0.6) is 0 Å². The molecule has 5 rings (SSSR count). The lowest BCUT2D eigenvalue weighted by Crippen LogP contribution is -2.47. The summed E-state index contributed by atoms with van der Waals surface area (Å²) in [6.45, 7) is 0. The molecule has 5 N–H and O–H groups in total. The number of fused-ring (bicyclic) bond motifs is 1. The van der Waals surface area contributed by atoms with E-state index in [2.05, 4.69) is 9.69 Å². The van der Waals surface area contributed by atoms with E-state index in [1.54, 1.807) is 18.2 Å². The first-order chi connectivity index (χ1) is 18.0. The van der Waals surface area contributed by atoms with Crippen molar-refractivity contribution in [1.29, 1.82) is 0 Å². The molecule has 1 saturated carbocycles. The molecule has 0 aliphatic heterocycles. The summed E-state index contributed by atoms with van der Waals surface area (Å²) >= 11 is 0.774. The maximum Gasteiger partial charge on any atom is 0.273 e. The van der Waals surface area contributed by atoms with E-state index in [-0.39, 0.29) is 28.2 Å². The summed E-state index contributed by atoms with van der Waals surface area (Å²) < 4.78 is 9.71. The number of benzene rings is 2. The van der Waals surface area contributed by atoms with Crippen molar-refractivity contribution in [2.45, 2.75) is 44.2 Å². The van der Waals surface area contributed by atoms with Crippen LogP contribution in [0.4, 0.5) is 11.4 Å². The van der Waals surface area contributed by atoms with Crippen LogP contribution >= 0.6 is 11.5 Å². The maximum atomic E-state index is 14.2. The van der Waals surface area contributed by atoms with Crippen LogP contribution in [0.3, 0.4) is 0 Å². The first-order valence-corrected chi connectivity index (χ1v) is 12.9. The fourth-order valence-electron chi connectivity index (χ4n) is 4.87. The van der Waals surface area contributed by atoms with E-state index >= 15 is 0 Å². The van der Waals surface area contributed by atoms with Crippen LogP contribution in [0.25, 0.3) is 10.8 Å². The van der Waals surface area contributed by atoms with E-state index in [0.29, 0.717) is 11.4 Å². The zero-order valence-corrected chi connectivity index (χ0v) is 20.9. The molecule has 0 spiro atoms. The Morgan fingerprint density at radius 2 is 1.78 bits per heavy atom. The van der Waals surface area contributed by atoms with E-state index in [4.69, 9.17) is 15.9 Å². The van der Waals surface area contributed by atoms with Crippen molar-refractivity contribution in [3.8, 4) is 0 Å². The van der Waals surface area contributed by atoms with Gasteiger partial charge in [-0.05, 0) is 48.0 Å². The molecule has 10 heteroatoms. The summed E-state index contributed by atoms with van der Waals surface area (Å²) in [6, 6.07) is 15.3. The quantitative estimate of drug-likeness (QED) is 0.331. The normalized spacial score (nSPS) is 14.8. The minimum atomic E-state index is -1.13. The second-order valence-electron chi connectivity index (χ2n) is 9.07. The molecule has 1 aliphatic carbocycles. The molecule has 1 atom stereocenters. The molecule has 1 unspecified atom stereocenters. The third-order valence-corrected chi connectivity index (χ3v) is 7.52. The lowest BCUT2D eigenvalue weighted by molar-refractivity contribution is -0.123. The van der Waals surface area contributed by atoms with Gasteiger partial charge in [0.25, 0.3) is 17.7 Å². The molecule has 4 aromatic rings. The fourth-order valence-corrected chi connectivity index (χ4v) is 5.61. The van der Waals surface area contributed by atoms with Gasteiger partial charge in [0.05, 0.1) is 17.6 Å². The van der Waals surface area contributed by atoms with Crippen molar-refractivity contribution in [2.24, 2.45) is 5.73 Å². The number of nitrogens with two attached hydrogens (primary N) is 2. The molecule has 3 amide bonds. The average molecular weight is 518 g/mol. The Morgan fingerprint density at radius 3 is 2.49 bits per heavy atom. The fraction of sp³-hybridized carbons (Fsp3) is 0.259. The molecule has 37 heavy (non-hydrogen) atoms. The number of carbonyl (C=O) groups excluding carboxylic acids is 3. The predicted octanol–water partition coefficient (Wildman–Crippen LogP) is 4.41. The summed E-state index contributed by atoms with van der Waals surface area (Å²) in [6.07, 6.45) is 6.44. The van der Waals surface area contributed by atoms with E-state index in [1.165, 1.54) is 11.2 Å². The number of nitrogens with one attached hydrogen (secondary N) is 1. The van der Waals surface area contributed by atoms with Crippen LogP contribution in [-0.4, -0.2) is 28.1 Å². The van der Waals surface area contributed by atoms with E-state index < -0.39 is 17.9 Å². The monoisotopic (exact) mass is 517 g/mol. The summed E-state index contributed by atoms with van der Waals surface area (Å²) in [4.78, 5) is 41.3. The van der Waals surface area contributed by atoms with Gasteiger partial charge in [0.2, 0.25) is 0 Å². The summed E-state index contributed by atoms with van der Waals surface area (Å²) in [5.74, 6) is -1.48. The molecular formula is C27H27N5O4S. The molecule has 0 bridgehead atoms. The van der Waals surface area contributed by atoms with Gasteiger partial charge in [-0.15, -0.1) is 0 Å². The van der Waals surface area contributed by atoms with Crippen molar-refractivity contribution < 1.29 is 18.8 Å². The molecule has 1 aliphatic rings. The maximum absolute atomic E-state index is 14.2. The average Bonchev–Trinajstić information content (AvgIpc) is 3.57. The summed E-state index contributed by atoms with van der Waals surface area (Å²) in [7, 11) is 0. The Labute approximate surface area is 217 Å². The molecule has 1 fully saturated rings. The predicted molar refractivity (Wildman–Crippen MR) is 142 cm³/mol. The SMILES string of the molecule is NC(=O)c1nsc(C(=O)N(c2cccc3ccccc23)C(C(=O)NC2CCCCC2)c2ccco2)c1N. The van der Waals surface area contributed by atoms with Crippen molar-refractivity contribution in [2.75, 3.05) is 10.6 Å². The van der Waals surface area contributed by atoms with Gasteiger partial charge in [0.1, 0.15) is 10.6 Å². The highest BCUT2D eigenvalue weighted by molar-refractivity contribution is 7.09. The van der Waals surface area contributed by atoms with Gasteiger partial charge >= 0.3 is 0 Å². The molecule has 9 nitrogen and oxygen atoms in total. The van der Waals surface area contributed by atoms with Crippen molar-refractivity contribution in [3.05, 3.63) is 77.2 Å². The van der Waals surface area contributed by atoms with Crippen LogP contribution in [-0.2, 0) is 4.79 Å². The number of hydrogen-bond donors (Lipinski definition) is 3. The summed E-state index contributed by atoms with van der Waals surface area (Å²) in [5, 5.41) is 4.79. The smallest absolute Gasteiger partial charge is 0.273 e. The number of anilines is 2. The largest absolute Gasteiger partial charge is 0.467 e. The van der Waals surface area contributed by atoms with Crippen molar-refractivity contribution >= 4 is 51.4 Å². The van der Waals surface area contributed by atoms with Crippen LogP contribution < -0.4 is 21.7 Å². The Balaban J connectivity index is 1.67. The number of primary amides is 1. The second kappa shape index (κ2) is 10.4. The van der Waals surface area contributed by atoms with Crippen LogP contribution in [0, 0.1) is 0 Å². The first kappa shape index (κ1) is 24.5. The summed E-state index contributed by atoms with van der Waals surface area (Å²) in [5.41, 5.74) is 11.8. The van der Waals surface area contributed by atoms with Gasteiger partial charge in [-0.2, -0.15) is 4.37 Å². The molecule has 2 aromatic carbocycles. The van der Waals surface area contributed by atoms with E-state index in [1.807, 2.05) is 36.4 Å². The zero-order valence-electron chi connectivity index (χ0n) is 20.1. The Kier molecular flexibility index (Phi) is 6.91. The molecule has 0 saturated heterocycles. The number of nitrogen functional groups attached to an aromatic ring is 1. The Hall–Kier alpha value is -4.18. The van der Waals surface area contributed by atoms with Crippen molar-refractivity contribution in [3.63, 3.8) is 0 Å². The second-order valence-corrected chi connectivity index (χ2v) is 9.85. The Morgan fingerprint density at radius 1 is 1.03 bits per heavy atom. The van der Waals surface area contributed by atoms with E-state index in [0.717, 1.165) is 54.4 Å². The molecule has 2 heterocycles. The topological polar surface area (TPSA) is 145 Å². The van der Waals surface area contributed by atoms with Gasteiger partial charge in [-0.1, -0.05) is 55.7 Å². The lowest BCUT2D eigenvalue weighted by atomic mass is 9.95. The standard InChI is InChI=1S/C27H27N5O4S/c28-21-22(25(29)33)31-37-24(21)27(35)32(19-13-6-9-16-8-4-5-12-18(16)19)23(20-14-7-15-36-20)26(34)30-17-10-2-1-3-11-17/h4-9,12-15,17,23H,1-3,10-11,28H2,(H2,29,33)(H,30,34). The molecular weight excluding hydrogens is 490 g/mol. The van der Waals surface area contributed by atoms with Crippen LogP contribution in [0.2, 0.25) is 0 Å². The van der Waals surface area contributed by atoms with Crippen LogP contribution in [0.15, 0.2) is 65.3 Å².